The van der Waals surface area contributed by atoms with Gasteiger partial charge < -0.3 is 5.11 Å². The molecule has 62 valence electrons. The Kier molecular flexibility index (Phi) is 1.61. The molecule has 1 aliphatic rings. The molecule has 0 atom stereocenters. The third-order valence-electron chi connectivity index (χ3n) is 2.21. The second-order valence-corrected chi connectivity index (χ2v) is 3.06. The fourth-order valence-corrected chi connectivity index (χ4v) is 1.52. The molecule has 2 rings (SSSR count). The molecule has 1 aromatic rings. The van der Waals surface area contributed by atoms with Gasteiger partial charge >= 0.3 is 0 Å². The van der Waals surface area contributed by atoms with Crippen LogP contribution in [-0.4, -0.2) is 11.7 Å². The second kappa shape index (κ2) is 2.63. The van der Waals surface area contributed by atoms with E-state index in [4.69, 9.17) is 0 Å². The zero-order valence-electron chi connectivity index (χ0n) is 6.88. The van der Waals surface area contributed by atoms with Crippen LogP contribution in [0.5, 0.6) is 5.75 Å². The van der Waals surface area contributed by atoms with Gasteiger partial charge in [0.2, 0.25) is 0 Å². The second-order valence-electron chi connectivity index (χ2n) is 3.06. The molecule has 1 aliphatic heterocycles. The summed E-state index contributed by atoms with van der Waals surface area (Å²) in [5, 5.41) is 11.3. The third kappa shape index (κ3) is 0.998. The Morgan fingerprint density at radius 3 is 3.08 bits per heavy atom. The van der Waals surface area contributed by atoms with Crippen molar-refractivity contribution in [3.63, 3.8) is 0 Å². The Balaban J connectivity index is 2.80. The Morgan fingerprint density at radius 1 is 1.42 bits per heavy atom. The summed E-state index contributed by atoms with van der Waals surface area (Å²) in [6.07, 6.45) is 1.96. The van der Waals surface area contributed by atoms with Gasteiger partial charge in [-0.25, -0.2) is 0 Å². The molecule has 0 amide bonds. The molecule has 0 aliphatic carbocycles. The van der Waals surface area contributed by atoms with Crippen molar-refractivity contribution in [2.24, 2.45) is 4.99 Å². The SMILES string of the molecule is C=c1ccc2c(c1O)CCCN=2. The molecule has 0 saturated heterocycles. The first-order valence-electron chi connectivity index (χ1n) is 4.13. The average Bonchev–Trinajstić information content (AvgIpc) is 2.12. The van der Waals surface area contributed by atoms with Crippen LogP contribution in [0.25, 0.3) is 6.58 Å². The van der Waals surface area contributed by atoms with Gasteiger partial charge in [-0.3, -0.25) is 4.99 Å². The largest absolute Gasteiger partial charge is 0.507 e. The number of nitrogens with zero attached hydrogens (tertiary/aromatic N) is 1. The van der Waals surface area contributed by atoms with Crippen molar-refractivity contribution in [3.8, 4) is 5.75 Å². The standard InChI is InChI=1S/C10H11NO/c1-7-4-5-9-8(10(7)12)3-2-6-11-9/h4-5,12H,1-3,6H2. The van der Waals surface area contributed by atoms with Crippen LogP contribution in [0.3, 0.4) is 0 Å². The summed E-state index contributed by atoms with van der Waals surface area (Å²) < 4.78 is 0. The fourth-order valence-electron chi connectivity index (χ4n) is 1.52. The minimum absolute atomic E-state index is 0.330. The van der Waals surface area contributed by atoms with Crippen molar-refractivity contribution >= 4 is 6.58 Å². The zero-order valence-corrected chi connectivity index (χ0v) is 6.88. The highest BCUT2D eigenvalue weighted by atomic mass is 16.3. The topological polar surface area (TPSA) is 32.6 Å². The maximum absolute atomic E-state index is 9.62. The maximum atomic E-state index is 9.62. The Morgan fingerprint density at radius 2 is 2.25 bits per heavy atom. The van der Waals surface area contributed by atoms with Crippen LogP contribution in [-0.2, 0) is 6.42 Å². The van der Waals surface area contributed by atoms with Crippen LogP contribution < -0.4 is 10.6 Å². The van der Waals surface area contributed by atoms with Gasteiger partial charge in [-0.1, -0.05) is 6.58 Å². The molecule has 0 radical (unpaired) electrons. The van der Waals surface area contributed by atoms with Crippen LogP contribution in [0.15, 0.2) is 17.1 Å². The molecule has 0 unspecified atom stereocenters. The Labute approximate surface area is 70.9 Å². The highest BCUT2D eigenvalue weighted by Gasteiger charge is 2.07. The number of rotatable bonds is 0. The fraction of sp³-hybridized carbons (Fsp3) is 0.300. The van der Waals surface area contributed by atoms with E-state index in [-0.39, 0.29) is 0 Å². The van der Waals surface area contributed by atoms with Crippen molar-refractivity contribution in [1.29, 1.82) is 0 Å². The number of benzene rings is 1. The van der Waals surface area contributed by atoms with Crippen molar-refractivity contribution in [1.82, 2.24) is 0 Å². The third-order valence-corrected chi connectivity index (χ3v) is 2.21. The normalized spacial score (nSPS) is 15.0. The van der Waals surface area contributed by atoms with Crippen LogP contribution in [0.4, 0.5) is 0 Å². The van der Waals surface area contributed by atoms with E-state index >= 15 is 0 Å². The first-order valence-corrected chi connectivity index (χ1v) is 4.13. The number of aromatic hydroxyl groups is 1. The summed E-state index contributed by atoms with van der Waals surface area (Å²) >= 11 is 0. The molecule has 1 N–H and O–H groups in total. The number of phenols is 1. The summed E-state index contributed by atoms with van der Waals surface area (Å²) in [7, 11) is 0. The highest BCUT2D eigenvalue weighted by molar-refractivity contribution is 5.35. The van der Waals surface area contributed by atoms with E-state index in [1.807, 2.05) is 12.1 Å². The quantitative estimate of drug-likeness (QED) is 0.585. The van der Waals surface area contributed by atoms with E-state index in [0.717, 1.165) is 30.3 Å². The minimum atomic E-state index is 0.330. The van der Waals surface area contributed by atoms with Gasteiger partial charge in [-0.15, -0.1) is 0 Å². The van der Waals surface area contributed by atoms with Gasteiger partial charge in [0.05, 0.1) is 5.36 Å². The predicted octanol–water partition coefficient (Wildman–Crippen LogP) is 0.368. The molecule has 0 bridgehead atoms. The molecule has 0 spiro atoms. The van der Waals surface area contributed by atoms with Crippen LogP contribution in [0, 0.1) is 0 Å². The number of hydrogen-bond donors (Lipinski definition) is 1. The van der Waals surface area contributed by atoms with Crippen molar-refractivity contribution < 1.29 is 5.11 Å². The Hall–Kier alpha value is -1.31. The molecule has 2 heteroatoms. The van der Waals surface area contributed by atoms with Crippen LogP contribution in [0.2, 0.25) is 0 Å². The first kappa shape index (κ1) is 7.35. The molecule has 1 aromatic carbocycles. The van der Waals surface area contributed by atoms with Gasteiger partial charge in [0, 0.05) is 17.3 Å². The van der Waals surface area contributed by atoms with E-state index in [2.05, 4.69) is 11.6 Å². The molecule has 12 heavy (non-hydrogen) atoms. The van der Waals surface area contributed by atoms with Gasteiger partial charge in [0.1, 0.15) is 5.75 Å². The highest BCUT2D eigenvalue weighted by Crippen LogP contribution is 2.10. The number of phenolic OH excluding ortho intramolecular Hbond substituents is 1. The molecule has 0 saturated carbocycles. The van der Waals surface area contributed by atoms with Gasteiger partial charge in [-0.05, 0) is 25.0 Å². The van der Waals surface area contributed by atoms with Gasteiger partial charge in [0.15, 0.2) is 0 Å². The first-order chi connectivity index (χ1) is 5.79. The smallest absolute Gasteiger partial charge is 0.127 e. The maximum Gasteiger partial charge on any atom is 0.127 e. The summed E-state index contributed by atoms with van der Waals surface area (Å²) in [5.41, 5.74) is 0.966. The van der Waals surface area contributed by atoms with Gasteiger partial charge in [0.25, 0.3) is 0 Å². The summed E-state index contributed by atoms with van der Waals surface area (Å²) in [5.74, 6) is 0.330. The van der Waals surface area contributed by atoms with Crippen LogP contribution in [0.1, 0.15) is 12.0 Å². The van der Waals surface area contributed by atoms with E-state index < -0.39 is 0 Å². The average molecular weight is 161 g/mol. The predicted molar refractivity (Wildman–Crippen MR) is 47.6 cm³/mol. The summed E-state index contributed by atoms with van der Waals surface area (Å²) in [6, 6.07) is 3.74. The van der Waals surface area contributed by atoms with Gasteiger partial charge in [-0.2, -0.15) is 0 Å². The molecule has 1 heterocycles. The molecule has 0 fully saturated rings. The monoisotopic (exact) mass is 161 g/mol. The van der Waals surface area contributed by atoms with Crippen LogP contribution >= 0.6 is 0 Å². The number of fused-ring (bicyclic) bond motifs is 1. The lowest BCUT2D eigenvalue weighted by Gasteiger charge is -2.09. The molecule has 2 nitrogen and oxygen atoms in total. The van der Waals surface area contributed by atoms with E-state index in [0.29, 0.717) is 11.0 Å². The van der Waals surface area contributed by atoms with E-state index in [9.17, 15) is 5.11 Å². The molecular formula is C10H11NO. The lowest BCUT2D eigenvalue weighted by Crippen LogP contribution is -2.19. The number of hydrogen-bond acceptors (Lipinski definition) is 2. The zero-order chi connectivity index (χ0) is 8.55. The van der Waals surface area contributed by atoms with Crippen molar-refractivity contribution in [2.75, 3.05) is 6.54 Å². The van der Waals surface area contributed by atoms with E-state index in [1.165, 1.54) is 0 Å². The summed E-state index contributed by atoms with van der Waals surface area (Å²) in [4.78, 5) is 4.31. The Bertz CT molecular complexity index is 409. The minimum Gasteiger partial charge on any atom is -0.507 e. The summed E-state index contributed by atoms with van der Waals surface area (Å²) in [6.45, 7) is 4.61. The van der Waals surface area contributed by atoms with E-state index in [1.54, 1.807) is 0 Å². The lowest BCUT2D eigenvalue weighted by atomic mass is 10.0. The molecular weight excluding hydrogens is 150 g/mol. The van der Waals surface area contributed by atoms with Crippen molar-refractivity contribution in [2.45, 2.75) is 12.8 Å². The lowest BCUT2D eigenvalue weighted by molar-refractivity contribution is 0.460. The van der Waals surface area contributed by atoms with Crippen molar-refractivity contribution in [3.05, 3.63) is 28.3 Å². The molecule has 0 aromatic heterocycles.